The summed E-state index contributed by atoms with van der Waals surface area (Å²) in [5.41, 5.74) is 8.14. The van der Waals surface area contributed by atoms with Crippen molar-refractivity contribution in [2.24, 2.45) is 11.7 Å². The Hall–Kier alpha value is -1.72. The lowest BCUT2D eigenvalue weighted by molar-refractivity contribution is -0.119. The number of fused-ring (bicyclic) bond motifs is 3. The van der Waals surface area contributed by atoms with Crippen LogP contribution in [0.15, 0.2) is 54.6 Å². The highest BCUT2D eigenvalue weighted by Gasteiger charge is 2.24. The quantitative estimate of drug-likeness (QED) is 0.748. The Kier molecular flexibility index (Phi) is 14.1. The first-order valence-corrected chi connectivity index (χ1v) is 11.1. The van der Waals surface area contributed by atoms with Gasteiger partial charge in [0.2, 0.25) is 0 Å². The summed E-state index contributed by atoms with van der Waals surface area (Å²) in [6, 6.07) is 17.8. The molecule has 0 atom stereocenters. The predicted octanol–water partition coefficient (Wildman–Crippen LogP) is 4.51. The van der Waals surface area contributed by atoms with Crippen LogP contribution in [0, 0.1) is 12.8 Å². The van der Waals surface area contributed by atoms with Crippen molar-refractivity contribution in [3.8, 4) is 0 Å². The second kappa shape index (κ2) is 16.0. The van der Waals surface area contributed by atoms with Crippen molar-refractivity contribution in [1.29, 1.82) is 0 Å². The largest absolute Gasteiger partial charge is 0.389 e. The van der Waals surface area contributed by atoms with Crippen LogP contribution in [0.4, 0.5) is 0 Å². The fourth-order valence-electron chi connectivity index (χ4n) is 3.32. The van der Waals surface area contributed by atoms with Crippen LogP contribution in [0.25, 0.3) is 0 Å². The molecule has 2 aromatic carbocycles. The monoisotopic (exact) mass is 432 g/mol. The summed E-state index contributed by atoms with van der Waals surface area (Å²) in [4.78, 5) is 12.1. The van der Waals surface area contributed by atoms with E-state index in [0.29, 0.717) is 0 Å². The lowest BCUT2D eigenvalue weighted by Crippen LogP contribution is -2.41. The lowest BCUT2D eigenvalue weighted by atomic mass is 9.89. The van der Waals surface area contributed by atoms with Gasteiger partial charge in [0, 0.05) is 5.02 Å². The maximum absolute atomic E-state index is 9.56. The summed E-state index contributed by atoms with van der Waals surface area (Å²) in [6.45, 7) is 8.04. The van der Waals surface area contributed by atoms with Crippen LogP contribution in [-0.2, 0) is 11.2 Å². The summed E-state index contributed by atoms with van der Waals surface area (Å²) in [7, 11) is 0. The van der Waals surface area contributed by atoms with E-state index >= 15 is 0 Å². The SMILES string of the molecule is C1CN2CCC1CC2.CC(=O)CO.Cc1ccccc1CCN.Clc1ccccc1. The Balaban J connectivity index is 0.000000206. The van der Waals surface area contributed by atoms with E-state index in [0.717, 1.165) is 23.9 Å². The van der Waals surface area contributed by atoms with E-state index in [1.807, 2.05) is 30.3 Å². The number of aliphatic hydroxyl groups is 1. The Bertz CT molecular complexity index is 678. The van der Waals surface area contributed by atoms with Gasteiger partial charge in [0.25, 0.3) is 0 Å². The molecule has 0 radical (unpaired) electrons. The van der Waals surface area contributed by atoms with Crippen LogP contribution in [0.3, 0.4) is 0 Å². The van der Waals surface area contributed by atoms with Crippen LogP contribution in [0.2, 0.25) is 5.02 Å². The minimum atomic E-state index is -0.333. The maximum atomic E-state index is 9.56. The van der Waals surface area contributed by atoms with E-state index < -0.39 is 0 Å². The molecule has 0 aliphatic carbocycles. The Morgan fingerprint density at radius 2 is 1.53 bits per heavy atom. The number of aryl methyl sites for hydroxylation is 1. The summed E-state index contributed by atoms with van der Waals surface area (Å²) < 4.78 is 0. The molecule has 5 heteroatoms. The fraction of sp³-hybridized carbons (Fsp3) is 0.480. The predicted molar refractivity (Wildman–Crippen MR) is 127 cm³/mol. The zero-order valence-corrected chi connectivity index (χ0v) is 19.2. The Morgan fingerprint density at radius 3 is 1.83 bits per heavy atom. The van der Waals surface area contributed by atoms with Gasteiger partial charge in [0.1, 0.15) is 6.61 Å². The highest BCUT2D eigenvalue weighted by atomic mass is 35.5. The third kappa shape index (κ3) is 12.1. The number of Topliss-reactive ketones (excluding diaryl/α,β-unsaturated/α-hetero) is 1. The van der Waals surface area contributed by atoms with Gasteiger partial charge in [-0.2, -0.15) is 0 Å². The van der Waals surface area contributed by atoms with E-state index in [9.17, 15) is 4.79 Å². The number of aliphatic hydroxyl groups excluding tert-OH is 1. The molecule has 2 aromatic rings. The topological polar surface area (TPSA) is 66.6 Å². The van der Waals surface area contributed by atoms with E-state index in [1.165, 1.54) is 56.9 Å². The summed E-state index contributed by atoms with van der Waals surface area (Å²) in [6.07, 6.45) is 5.45. The molecule has 3 heterocycles. The molecule has 30 heavy (non-hydrogen) atoms. The van der Waals surface area contributed by atoms with Gasteiger partial charge in [-0.25, -0.2) is 0 Å². The van der Waals surface area contributed by atoms with Gasteiger partial charge in [0.15, 0.2) is 5.78 Å². The number of nitrogens with two attached hydrogens (primary N) is 1. The fourth-order valence-corrected chi connectivity index (χ4v) is 3.47. The molecule has 0 spiro atoms. The van der Waals surface area contributed by atoms with Gasteiger partial charge in [0.05, 0.1) is 0 Å². The van der Waals surface area contributed by atoms with Gasteiger partial charge in [-0.3, -0.25) is 4.79 Å². The minimum absolute atomic E-state index is 0.190. The molecule has 5 rings (SSSR count). The highest BCUT2D eigenvalue weighted by molar-refractivity contribution is 6.30. The Morgan fingerprint density at radius 1 is 1.03 bits per heavy atom. The van der Waals surface area contributed by atoms with Gasteiger partial charge in [-0.05, 0) is 94.9 Å². The molecular weight excluding hydrogens is 396 g/mol. The van der Waals surface area contributed by atoms with Crippen molar-refractivity contribution in [1.82, 2.24) is 4.90 Å². The maximum Gasteiger partial charge on any atom is 0.155 e. The normalized spacial score (nSPS) is 18.6. The van der Waals surface area contributed by atoms with E-state index in [1.54, 1.807) is 0 Å². The van der Waals surface area contributed by atoms with E-state index in [2.05, 4.69) is 36.1 Å². The van der Waals surface area contributed by atoms with Crippen molar-refractivity contribution in [3.63, 3.8) is 0 Å². The van der Waals surface area contributed by atoms with Gasteiger partial charge >= 0.3 is 0 Å². The standard InChI is InChI=1S/C9H13N.C7H13N.C6H5Cl.C3H6O2/c1-8-4-2-3-5-9(8)6-7-10;1-4-8-5-2-7(1)3-6-8;7-6-4-2-1-3-5-6;1-3(5)2-4/h2-5H,6-7,10H2,1H3;7H,1-6H2;1-5H;4H,2H2,1H3. The van der Waals surface area contributed by atoms with Crippen LogP contribution < -0.4 is 5.73 Å². The smallest absolute Gasteiger partial charge is 0.155 e. The zero-order chi connectivity index (χ0) is 22.2. The second-order valence-corrected chi connectivity index (χ2v) is 8.13. The third-order valence-corrected chi connectivity index (χ3v) is 5.44. The molecule has 0 unspecified atom stereocenters. The van der Waals surface area contributed by atoms with E-state index in [4.69, 9.17) is 22.4 Å². The van der Waals surface area contributed by atoms with Crippen LogP contribution in [0.5, 0.6) is 0 Å². The molecular formula is C25H37ClN2O2. The number of hydrogen-bond acceptors (Lipinski definition) is 4. The molecule has 3 fully saturated rings. The number of ketones is 1. The molecule has 3 aliphatic heterocycles. The third-order valence-electron chi connectivity index (χ3n) is 5.19. The van der Waals surface area contributed by atoms with Crippen LogP contribution >= 0.6 is 11.6 Å². The van der Waals surface area contributed by atoms with Crippen LogP contribution in [0.1, 0.15) is 37.3 Å². The van der Waals surface area contributed by atoms with Crippen LogP contribution in [-0.4, -0.2) is 48.6 Å². The molecule has 3 aliphatic rings. The summed E-state index contributed by atoms with van der Waals surface area (Å²) in [5, 5.41) is 8.59. The number of nitrogens with zero attached hydrogens (tertiary/aromatic N) is 1. The molecule has 0 aromatic heterocycles. The molecule has 0 amide bonds. The average molecular weight is 433 g/mol. The minimum Gasteiger partial charge on any atom is -0.389 e. The number of carbonyl (C=O) groups is 1. The molecule has 0 saturated carbocycles. The lowest BCUT2D eigenvalue weighted by Gasteiger charge is -2.38. The number of halogens is 1. The molecule has 3 N–H and O–H groups in total. The van der Waals surface area contributed by atoms with Crippen molar-refractivity contribution >= 4 is 17.4 Å². The average Bonchev–Trinajstić information content (AvgIpc) is 2.79. The Labute approximate surface area is 187 Å². The first-order valence-electron chi connectivity index (χ1n) is 10.7. The van der Waals surface area contributed by atoms with Crippen molar-refractivity contribution < 1.29 is 9.90 Å². The number of rotatable bonds is 3. The van der Waals surface area contributed by atoms with Gasteiger partial charge in [-0.1, -0.05) is 54.1 Å². The number of piperidine rings is 3. The zero-order valence-electron chi connectivity index (χ0n) is 18.4. The van der Waals surface area contributed by atoms with Gasteiger partial charge < -0.3 is 15.7 Å². The molecule has 3 saturated heterocycles. The summed E-state index contributed by atoms with van der Waals surface area (Å²) >= 11 is 5.54. The van der Waals surface area contributed by atoms with Crippen molar-refractivity contribution in [2.75, 3.05) is 32.8 Å². The first kappa shape index (κ1) is 26.3. The number of hydrogen-bond donors (Lipinski definition) is 2. The number of benzene rings is 2. The molecule has 166 valence electrons. The highest BCUT2D eigenvalue weighted by Crippen LogP contribution is 2.26. The first-order chi connectivity index (χ1) is 14.5. The molecule has 4 nitrogen and oxygen atoms in total. The molecule has 2 bridgehead atoms. The van der Waals surface area contributed by atoms with Gasteiger partial charge in [-0.15, -0.1) is 0 Å². The second-order valence-electron chi connectivity index (χ2n) is 7.69. The van der Waals surface area contributed by atoms with E-state index in [-0.39, 0.29) is 12.4 Å². The summed E-state index contributed by atoms with van der Waals surface area (Å²) in [5.74, 6) is 0.921. The van der Waals surface area contributed by atoms with Crippen molar-refractivity contribution in [3.05, 3.63) is 70.7 Å². The van der Waals surface area contributed by atoms with Crippen molar-refractivity contribution in [2.45, 2.75) is 39.5 Å². The number of carbonyl (C=O) groups excluding carboxylic acids is 1.